The minimum atomic E-state index is -0.553. The molecule has 31 heavy (non-hydrogen) atoms. The highest BCUT2D eigenvalue weighted by Crippen LogP contribution is 2.42. The quantitative estimate of drug-likeness (QED) is 0.613. The summed E-state index contributed by atoms with van der Waals surface area (Å²) in [5.41, 5.74) is 1.54. The van der Waals surface area contributed by atoms with Crippen molar-refractivity contribution in [3.63, 3.8) is 0 Å². The number of amides is 1. The number of fused-ring (bicyclic) bond motifs is 1. The van der Waals surface area contributed by atoms with Crippen LogP contribution < -0.4 is 4.74 Å². The first-order valence-electron chi connectivity index (χ1n) is 10.8. The van der Waals surface area contributed by atoms with Gasteiger partial charge in [0.2, 0.25) is 5.91 Å². The number of carbonyl (C=O) groups is 3. The molecular formula is C25H26ClNO4. The van der Waals surface area contributed by atoms with Gasteiger partial charge in [-0.1, -0.05) is 41.9 Å². The first-order valence-corrected chi connectivity index (χ1v) is 11.1. The Kier molecular flexibility index (Phi) is 6.15. The van der Waals surface area contributed by atoms with E-state index in [0.717, 1.165) is 5.56 Å². The van der Waals surface area contributed by atoms with E-state index in [2.05, 4.69) is 0 Å². The highest BCUT2D eigenvalue weighted by atomic mass is 35.5. The summed E-state index contributed by atoms with van der Waals surface area (Å²) in [6, 6.07) is 12.6. The lowest BCUT2D eigenvalue weighted by Gasteiger charge is -2.44. The zero-order valence-corrected chi connectivity index (χ0v) is 18.4. The molecule has 4 rings (SSSR count). The Morgan fingerprint density at radius 1 is 1.10 bits per heavy atom. The van der Waals surface area contributed by atoms with Crippen LogP contribution >= 0.6 is 11.6 Å². The van der Waals surface area contributed by atoms with Crippen molar-refractivity contribution in [2.75, 3.05) is 13.1 Å². The molecule has 2 aromatic carbocycles. The van der Waals surface area contributed by atoms with Gasteiger partial charge in [0.05, 0.1) is 12.0 Å². The van der Waals surface area contributed by atoms with E-state index in [1.165, 1.54) is 0 Å². The zero-order valence-electron chi connectivity index (χ0n) is 17.7. The van der Waals surface area contributed by atoms with Gasteiger partial charge in [-0.05, 0) is 31.0 Å². The fourth-order valence-corrected chi connectivity index (χ4v) is 4.75. The van der Waals surface area contributed by atoms with Crippen LogP contribution in [-0.4, -0.2) is 41.1 Å². The fourth-order valence-electron chi connectivity index (χ4n) is 4.48. The average molecular weight is 440 g/mol. The second-order valence-electron chi connectivity index (χ2n) is 8.51. The summed E-state index contributed by atoms with van der Waals surface area (Å²) in [6.45, 7) is 3.01. The second-order valence-corrected chi connectivity index (χ2v) is 8.94. The van der Waals surface area contributed by atoms with Gasteiger partial charge >= 0.3 is 0 Å². The molecule has 0 aromatic heterocycles. The van der Waals surface area contributed by atoms with Crippen molar-refractivity contribution in [3.8, 4) is 5.75 Å². The van der Waals surface area contributed by atoms with Gasteiger partial charge in [-0.15, -0.1) is 0 Å². The molecule has 2 aromatic rings. The molecule has 2 aliphatic rings. The fraction of sp³-hybridized carbons (Fsp3) is 0.400. The standard InChI is InChI=1S/C25H26ClNO4/c1-17-14-19(26)15-20-22(29)16-25(31-24(17)20)10-12-27(13-11-25)23(30)9-5-8-21(28)18-6-3-2-4-7-18/h2-4,6-7,14-15H,5,8-13,16H2,1H3. The summed E-state index contributed by atoms with van der Waals surface area (Å²) in [5, 5.41) is 0.537. The number of halogens is 1. The maximum atomic E-state index is 12.7. The van der Waals surface area contributed by atoms with Crippen LogP contribution in [-0.2, 0) is 4.79 Å². The number of piperidine rings is 1. The Morgan fingerprint density at radius 3 is 2.52 bits per heavy atom. The van der Waals surface area contributed by atoms with Crippen LogP contribution in [0.25, 0.3) is 0 Å². The van der Waals surface area contributed by atoms with Gasteiger partial charge in [0.25, 0.3) is 0 Å². The van der Waals surface area contributed by atoms with Gasteiger partial charge in [0, 0.05) is 49.4 Å². The minimum Gasteiger partial charge on any atom is -0.486 e. The van der Waals surface area contributed by atoms with Crippen molar-refractivity contribution >= 4 is 29.1 Å². The van der Waals surface area contributed by atoms with E-state index in [0.29, 0.717) is 73.5 Å². The molecule has 2 aliphatic heterocycles. The number of ketones is 2. The number of carbonyl (C=O) groups excluding carboxylic acids is 3. The summed E-state index contributed by atoms with van der Waals surface area (Å²) >= 11 is 6.10. The third-order valence-corrected chi connectivity index (χ3v) is 6.48. The van der Waals surface area contributed by atoms with Gasteiger partial charge < -0.3 is 9.64 Å². The molecule has 1 saturated heterocycles. The SMILES string of the molecule is Cc1cc(Cl)cc2c1OC1(CCN(C(=O)CCCC(=O)c3ccccc3)CC1)CC2=O. The molecule has 0 aliphatic carbocycles. The van der Waals surface area contributed by atoms with E-state index >= 15 is 0 Å². The molecule has 0 atom stereocenters. The van der Waals surface area contributed by atoms with Crippen LogP contribution in [0.3, 0.4) is 0 Å². The number of likely N-dealkylation sites (tertiary alicyclic amines) is 1. The van der Waals surface area contributed by atoms with Crippen molar-refractivity contribution in [2.24, 2.45) is 0 Å². The first-order chi connectivity index (χ1) is 14.9. The monoisotopic (exact) mass is 439 g/mol. The van der Waals surface area contributed by atoms with Crippen molar-refractivity contribution in [3.05, 3.63) is 64.2 Å². The van der Waals surface area contributed by atoms with Crippen molar-refractivity contribution in [2.45, 2.75) is 51.0 Å². The smallest absolute Gasteiger partial charge is 0.222 e. The molecule has 0 unspecified atom stereocenters. The Hall–Kier alpha value is -2.66. The van der Waals surface area contributed by atoms with E-state index in [-0.39, 0.29) is 17.5 Å². The average Bonchev–Trinajstić information content (AvgIpc) is 2.76. The normalized spacial score (nSPS) is 17.2. The maximum Gasteiger partial charge on any atom is 0.222 e. The number of Topliss-reactive ketones (excluding diaryl/α,β-unsaturated/α-hetero) is 2. The molecule has 162 valence electrons. The van der Waals surface area contributed by atoms with Gasteiger partial charge in [-0.25, -0.2) is 0 Å². The lowest BCUT2D eigenvalue weighted by Crippen LogP contribution is -2.52. The Bertz CT molecular complexity index is 1010. The van der Waals surface area contributed by atoms with Gasteiger partial charge in [-0.2, -0.15) is 0 Å². The van der Waals surface area contributed by atoms with E-state index in [4.69, 9.17) is 16.3 Å². The predicted molar refractivity (Wildman–Crippen MR) is 119 cm³/mol. The third-order valence-electron chi connectivity index (χ3n) is 6.26. The number of benzene rings is 2. The molecule has 0 radical (unpaired) electrons. The van der Waals surface area contributed by atoms with Gasteiger partial charge in [0.1, 0.15) is 11.4 Å². The summed E-state index contributed by atoms with van der Waals surface area (Å²) in [6.07, 6.45) is 2.81. The van der Waals surface area contributed by atoms with Crippen LogP contribution in [0.1, 0.15) is 64.8 Å². The third kappa shape index (κ3) is 4.67. The number of aryl methyl sites for hydroxylation is 1. The second kappa shape index (κ2) is 8.83. The summed E-state index contributed by atoms with van der Waals surface area (Å²) < 4.78 is 6.34. The highest BCUT2D eigenvalue weighted by Gasteiger charge is 2.44. The summed E-state index contributed by atoms with van der Waals surface area (Å²) in [7, 11) is 0. The van der Waals surface area contributed by atoms with E-state index in [9.17, 15) is 14.4 Å². The number of ether oxygens (including phenoxy) is 1. The van der Waals surface area contributed by atoms with E-state index < -0.39 is 5.60 Å². The van der Waals surface area contributed by atoms with Crippen molar-refractivity contribution in [1.82, 2.24) is 4.90 Å². The van der Waals surface area contributed by atoms with Gasteiger partial charge in [-0.3, -0.25) is 14.4 Å². The Morgan fingerprint density at radius 2 is 1.81 bits per heavy atom. The molecule has 1 spiro atoms. The van der Waals surface area contributed by atoms with Crippen LogP contribution in [0.4, 0.5) is 0 Å². The first kappa shape index (κ1) is 21.6. The summed E-state index contributed by atoms with van der Waals surface area (Å²) in [5.74, 6) is 0.793. The van der Waals surface area contributed by atoms with Crippen LogP contribution in [0, 0.1) is 6.92 Å². The number of hydrogen-bond donors (Lipinski definition) is 0. The minimum absolute atomic E-state index is 0.0473. The van der Waals surface area contributed by atoms with E-state index in [1.54, 1.807) is 18.2 Å². The Labute approximate surface area is 187 Å². The molecule has 0 N–H and O–H groups in total. The molecule has 0 saturated carbocycles. The lowest BCUT2D eigenvalue weighted by atomic mass is 9.82. The van der Waals surface area contributed by atoms with Crippen molar-refractivity contribution in [1.29, 1.82) is 0 Å². The van der Waals surface area contributed by atoms with E-state index in [1.807, 2.05) is 36.1 Å². The summed E-state index contributed by atoms with van der Waals surface area (Å²) in [4.78, 5) is 39.4. The zero-order chi connectivity index (χ0) is 22.0. The molecular weight excluding hydrogens is 414 g/mol. The number of rotatable bonds is 5. The molecule has 6 heteroatoms. The molecule has 2 heterocycles. The highest BCUT2D eigenvalue weighted by molar-refractivity contribution is 6.31. The van der Waals surface area contributed by atoms with Crippen LogP contribution in [0.15, 0.2) is 42.5 Å². The van der Waals surface area contributed by atoms with Crippen LogP contribution in [0.2, 0.25) is 5.02 Å². The Balaban J connectivity index is 1.31. The molecule has 5 nitrogen and oxygen atoms in total. The lowest BCUT2D eigenvalue weighted by molar-refractivity contribution is -0.134. The topological polar surface area (TPSA) is 63.7 Å². The number of hydrogen-bond acceptors (Lipinski definition) is 4. The molecule has 0 bridgehead atoms. The maximum absolute atomic E-state index is 12.7. The van der Waals surface area contributed by atoms with Gasteiger partial charge in [0.15, 0.2) is 11.6 Å². The predicted octanol–water partition coefficient (Wildman–Crippen LogP) is 5.03. The van der Waals surface area contributed by atoms with Crippen LogP contribution in [0.5, 0.6) is 5.75 Å². The largest absolute Gasteiger partial charge is 0.486 e. The number of nitrogens with zero attached hydrogens (tertiary/aromatic N) is 1. The molecule has 1 amide bonds. The molecule has 1 fully saturated rings. The van der Waals surface area contributed by atoms with Crippen molar-refractivity contribution < 1.29 is 19.1 Å².